The van der Waals surface area contributed by atoms with Crippen molar-refractivity contribution in [2.45, 2.75) is 51.6 Å². The van der Waals surface area contributed by atoms with E-state index in [4.69, 9.17) is 0 Å². The second kappa shape index (κ2) is 7.93. The minimum Gasteiger partial charge on any atom is -0.343 e. The van der Waals surface area contributed by atoms with E-state index in [1.165, 1.54) is 5.56 Å². The van der Waals surface area contributed by atoms with Gasteiger partial charge in [0.1, 0.15) is 5.82 Å². The zero-order valence-electron chi connectivity index (χ0n) is 18.7. The summed E-state index contributed by atoms with van der Waals surface area (Å²) in [6.07, 6.45) is 8.59. The van der Waals surface area contributed by atoms with Crippen molar-refractivity contribution in [3.05, 3.63) is 60.3 Å². The fourth-order valence-corrected chi connectivity index (χ4v) is 4.27. The van der Waals surface area contributed by atoms with Gasteiger partial charge >= 0.3 is 6.03 Å². The van der Waals surface area contributed by atoms with Crippen molar-refractivity contribution in [2.75, 3.05) is 16.8 Å². The lowest BCUT2D eigenvalue weighted by molar-refractivity contribution is 0.251. The van der Waals surface area contributed by atoms with Crippen LogP contribution < -0.4 is 15.5 Å². The minimum atomic E-state index is -0.266. The third-order valence-corrected chi connectivity index (χ3v) is 6.49. The third-order valence-electron chi connectivity index (χ3n) is 6.49. The van der Waals surface area contributed by atoms with Gasteiger partial charge in [-0.25, -0.2) is 14.8 Å². The van der Waals surface area contributed by atoms with Crippen LogP contribution in [-0.4, -0.2) is 38.1 Å². The Balaban J connectivity index is 1.36. The van der Waals surface area contributed by atoms with Crippen LogP contribution in [0.1, 0.15) is 44.9 Å². The Morgan fingerprint density at radius 3 is 2.66 bits per heavy atom. The van der Waals surface area contributed by atoms with E-state index < -0.39 is 0 Å². The summed E-state index contributed by atoms with van der Waals surface area (Å²) < 4.78 is 2.05. The molecule has 1 atom stereocenters. The van der Waals surface area contributed by atoms with E-state index in [1.54, 1.807) is 17.2 Å². The van der Waals surface area contributed by atoms with Crippen molar-refractivity contribution in [1.29, 1.82) is 0 Å². The van der Waals surface area contributed by atoms with Gasteiger partial charge in [0, 0.05) is 24.6 Å². The van der Waals surface area contributed by atoms with Crippen LogP contribution in [0.4, 0.5) is 16.6 Å². The predicted molar refractivity (Wildman–Crippen MR) is 124 cm³/mol. The maximum atomic E-state index is 12.4. The summed E-state index contributed by atoms with van der Waals surface area (Å²) in [5, 5.41) is 6.42. The summed E-state index contributed by atoms with van der Waals surface area (Å²) in [5.74, 6) is 1.46. The van der Waals surface area contributed by atoms with E-state index in [2.05, 4.69) is 81.4 Å². The number of nitrogens with zero attached hydrogens (tertiary/aromatic N) is 5. The number of rotatable bonds is 7. The molecule has 3 heterocycles. The smallest absolute Gasteiger partial charge is 0.323 e. The minimum absolute atomic E-state index is 0.0786. The first-order valence-electron chi connectivity index (χ1n) is 11.3. The number of aryl methyl sites for hydroxylation is 1. The summed E-state index contributed by atoms with van der Waals surface area (Å²) in [6.45, 7) is 7.01. The van der Waals surface area contributed by atoms with Gasteiger partial charge in [-0.2, -0.15) is 4.98 Å². The molecule has 1 aromatic carbocycles. The van der Waals surface area contributed by atoms with Gasteiger partial charge < -0.3 is 15.2 Å². The number of nitrogens with one attached hydrogen (secondary N) is 2. The summed E-state index contributed by atoms with van der Waals surface area (Å²) in [4.78, 5) is 28.0. The Hall–Kier alpha value is -3.42. The average Bonchev–Trinajstić information content (AvgIpc) is 3.22. The SMILES string of the molecule is CCc1ccc(-n2cnc(C3(Nc4nccc(N5C(=O)NC[C@@H]5C(C)C)n4)CC3)c2)cc1. The van der Waals surface area contributed by atoms with Crippen molar-refractivity contribution in [2.24, 2.45) is 5.92 Å². The molecule has 8 heteroatoms. The van der Waals surface area contributed by atoms with Crippen LogP contribution in [0.5, 0.6) is 0 Å². The molecular weight excluding hydrogens is 402 g/mol. The maximum Gasteiger partial charge on any atom is 0.323 e. The molecule has 0 spiro atoms. The number of benzene rings is 1. The summed E-state index contributed by atoms with van der Waals surface area (Å²) in [5.41, 5.74) is 3.12. The standard InChI is InChI=1S/C24H29N7O/c1-4-17-5-7-18(8-6-17)30-14-20(27-15-30)24(10-11-24)29-22-25-12-9-21(28-22)31-19(16(2)3)13-26-23(31)32/h5-9,12,14-16,19H,4,10-11,13H2,1-3H3,(H,26,32)(H,25,28,29)/t19-/m1/s1. The molecule has 0 unspecified atom stereocenters. The molecule has 32 heavy (non-hydrogen) atoms. The molecule has 2 amide bonds. The van der Waals surface area contributed by atoms with Crippen molar-refractivity contribution in [3.8, 4) is 5.69 Å². The third kappa shape index (κ3) is 3.70. The molecule has 2 aliphatic rings. The normalized spacial score (nSPS) is 19.3. The van der Waals surface area contributed by atoms with E-state index >= 15 is 0 Å². The highest BCUT2D eigenvalue weighted by Crippen LogP contribution is 2.47. The topological polar surface area (TPSA) is 88.0 Å². The quantitative estimate of drug-likeness (QED) is 0.593. The number of hydrogen-bond donors (Lipinski definition) is 2. The zero-order chi connectivity index (χ0) is 22.3. The molecule has 3 aromatic rings. The second-order valence-electron chi connectivity index (χ2n) is 9.00. The van der Waals surface area contributed by atoms with Gasteiger partial charge in [-0.05, 0) is 48.9 Å². The molecule has 0 bridgehead atoms. The number of hydrogen-bond acceptors (Lipinski definition) is 5. The maximum absolute atomic E-state index is 12.4. The lowest BCUT2D eigenvalue weighted by atomic mass is 10.0. The van der Waals surface area contributed by atoms with E-state index in [0.29, 0.717) is 24.2 Å². The molecule has 0 radical (unpaired) electrons. The van der Waals surface area contributed by atoms with E-state index in [-0.39, 0.29) is 17.6 Å². The first kappa shape index (κ1) is 20.5. The number of urea groups is 1. The fraction of sp³-hybridized carbons (Fsp3) is 0.417. The average molecular weight is 432 g/mol. The van der Waals surface area contributed by atoms with Crippen LogP contribution in [0.25, 0.3) is 5.69 Å². The van der Waals surface area contributed by atoms with Gasteiger partial charge in [0.05, 0.1) is 23.6 Å². The Labute approximate surface area is 188 Å². The highest BCUT2D eigenvalue weighted by molar-refractivity contribution is 5.94. The zero-order valence-corrected chi connectivity index (χ0v) is 18.7. The molecule has 2 fully saturated rings. The van der Waals surface area contributed by atoms with Gasteiger partial charge in [-0.1, -0.05) is 32.9 Å². The van der Waals surface area contributed by atoms with Gasteiger partial charge in [0.25, 0.3) is 0 Å². The number of amides is 2. The lowest BCUT2D eigenvalue weighted by Gasteiger charge is -2.25. The molecular formula is C24H29N7O. The van der Waals surface area contributed by atoms with Crippen LogP contribution in [0, 0.1) is 5.92 Å². The number of carbonyl (C=O) groups excluding carboxylic acids is 1. The lowest BCUT2D eigenvalue weighted by Crippen LogP contribution is -2.38. The van der Waals surface area contributed by atoms with Crippen LogP contribution in [0.3, 0.4) is 0 Å². The number of aromatic nitrogens is 4. The van der Waals surface area contributed by atoms with Gasteiger partial charge in [0.15, 0.2) is 0 Å². The highest BCUT2D eigenvalue weighted by Gasteiger charge is 2.47. The van der Waals surface area contributed by atoms with E-state index in [1.807, 2.05) is 6.33 Å². The molecule has 1 saturated heterocycles. The molecule has 2 aromatic heterocycles. The van der Waals surface area contributed by atoms with Crippen molar-refractivity contribution >= 4 is 17.8 Å². The number of carbonyl (C=O) groups is 1. The Bertz CT molecular complexity index is 1120. The number of imidazole rings is 1. The van der Waals surface area contributed by atoms with Gasteiger partial charge in [0.2, 0.25) is 5.95 Å². The Kier molecular flexibility index (Phi) is 5.07. The van der Waals surface area contributed by atoms with Crippen molar-refractivity contribution in [1.82, 2.24) is 24.8 Å². The van der Waals surface area contributed by atoms with Crippen LogP contribution in [-0.2, 0) is 12.0 Å². The van der Waals surface area contributed by atoms with Crippen molar-refractivity contribution < 1.29 is 4.79 Å². The van der Waals surface area contributed by atoms with E-state index in [0.717, 1.165) is 30.6 Å². The first-order valence-corrected chi connectivity index (χ1v) is 11.3. The molecule has 2 N–H and O–H groups in total. The first-order chi connectivity index (χ1) is 15.5. The van der Waals surface area contributed by atoms with Crippen molar-refractivity contribution in [3.63, 3.8) is 0 Å². The van der Waals surface area contributed by atoms with Crippen LogP contribution in [0.2, 0.25) is 0 Å². The number of anilines is 2. The molecule has 1 aliphatic heterocycles. The molecule has 5 rings (SSSR count). The molecule has 1 saturated carbocycles. The Morgan fingerprint density at radius 1 is 1.19 bits per heavy atom. The Morgan fingerprint density at radius 2 is 1.97 bits per heavy atom. The van der Waals surface area contributed by atoms with Gasteiger partial charge in [-0.3, -0.25) is 4.90 Å². The second-order valence-corrected chi connectivity index (χ2v) is 9.00. The largest absolute Gasteiger partial charge is 0.343 e. The summed E-state index contributed by atoms with van der Waals surface area (Å²) in [6, 6.07) is 10.3. The fourth-order valence-electron chi connectivity index (χ4n) is 4.27. The molecule has 8 nitrogen and oxygen atoms in total. The van der Waals surface area contributed by atoms with Crippen LogP contribution in [0.15, 0.2) is 49.1 Å². The summed E-state index contributed by atoms with van der Waals surface area (Å²) in [7, 11) is 0. The predicted octanol–water partition coefficient (Wildman–Crippen LogP) is 3.88. The molecule has 166 valence electrons. The van der Waals surface area contributed by atoms with Gasteiger partial charge in [-0.15, -0.1) is 0 Å². The van der Waals surface area contributed by atoms with E-state index in [9.17, 15) is 4.79 Å². The highest BCUT2D eigenvalue weighted by atomic mass is 16.2. The van der Waals surface area contributed by atoms with Crippen LogP contribution >= 0.6 is 0 Å². The molecule has 1 aliphatic carbocycles. The summed E-state index contributed by atoms with van der Waals surface area (Å²) >= 11 is 0. The monoisotopic (exact) mass is 431 g/mol.